The summed E-state index contributed by atoms with van der Waals surface area (Å²) in [4.78, 5) is 36.0. The number of nitrogens with one attached hydrogen (secondary N) is 2. The molecule has 0 radical (unpaired) electrons. The molecule has 0 aromatic carbocycles. The highest BCUT2D eigenvalue weighted by atomic mass is 16.2. The van der Waals surface area contributed by atoms with Crippen LogP contribution < -0.4 is 10.6 Å². The number of rotatable bonds is 4. The topological polar surface area (TPSA) is 78.5 Å². The second kappa shape index (κ2) is 4.73. The third kappa shape index (κ3) is 2.75. The molecule has 1 rings (SSSR count). The number of carbonyl (C=O) groups excluding carboxylic acids is 3. The number of hydrogen-bond acceptors (Lipinski definition) is 3. The average molecular weight is 241 g/mol. The molecule has 1 aliphatic heterocycles. The zero-order chi connectivity index (χ0) is 13.2. The van der Waals surface area contributed by atoms with Crippen LogP contribution in [-0.4, -0.2) is 40.9 Å². The van der Waals surface area contributed by atoms with E-state index < -0.39 is 11.6 Å². The standard InChI is InChI=1S/C11H19N3O3/c1-5-11(4)9(16)14(10(17)13-11)6-8(15)12-7(2)3/h7H,5-6H2,1-4H3,(H,12,15)(H,13,17). The maximum atomic E-state index is 12.0. The van der Waals surface area contributed by atoms with Gasteiger partial charge < -0.3 is 10.6 Å². The van der Waals surface area contributed by atoms with Crippen LogP contribution >= 0.6 is 0 Å². The summed E-state index contributed by atoms with van der Waals surface area (Å²) >= 11 is 0. The lowest BCUT2D eigenvalue weighted by atomic mass is 9.99. The van der Waals surface area contributed by atoms with E-state index in [0.717, 1.165) is 4.90 Å². The summed E-state index contributed by atoms with van der Waals surface area (Å²) < 4.78 is 0. The molecule has 1 unspecified atom stereocenters. The van der Waals surface area contributed by atoms with Crippen LogP contribution in [-0.2, 0) is 9.59 Å². The molecule has 1 heterocycles. The van der Waals surface area contributed by atoms with E-state index in [1.165, 1.54) is 0 Å². The van der Waals surface area contributed by atoms with E-state index in [4.69, 9.17) is 0 Å². The van der Waals surface area contributed by atoms with Gasteiger partial charge in [0.15, 0.2) is 0 Å². The molecule has 0 spiro atoms. The second-order valence-electron chi connectivity index (χ2n) is 4.73. The van der Waals surface area contributed by atoms with Crippen LogP contribution in [0.5, 0.6) is 0 Å². The van der Waals surface area contributed by atoms with Gasteiger partial charge in [-0.2, -0.15) is 0 Å². The minimum atomic E-state index is -0.880. The van der Waals surface area contributed by atoms with Gasteiger partial charge in [0.1, 0.15) is 12.1 Å². The Labute approximate surface area is 101 Å². The van der Waals surface area contributed by atoms with Crippen LogP contribution in [0.15, 0.2) is 0 Å². The molecule has 1 atom stereocenters. The Bertz CT molecular complexity index is 354. The van der Waals surface area contributed by atoms with Crippen LogP contribution in [0.2, 0.25) is 0 Å². The molecule has 0 bridgehead atoms. The molecular formula is C11H19N3O3. The van der Waals surface area contributed by atoms with Gasteiger partial charge in [-0.05, 0) is 27.2 Å². The Hall–Kier alpha value is -1.59. The molecule has 17 heavy (non-hydrogen) atoms. The predicted octanol–water partition coefficient (Wildman–Crippen LogP) is 0.231. The SMILES string of the molecule is CCC1(C)NC(=O)N(CC(=O)NC(C)C)C1=O. The van der Waals surface area contributed by atoms with Crippen LogP contribution in [0.4, 0.5) is 4.79 Å². The van der Waals surface area contributed by atoms with Gasteiger partial charge in [-0.15, -0.1) is 0 Å². The van der Waals surface area contributed by atoms with Crippen molar-refractivity contribution in [3.63, 3.8) is 0 Å². The average Bonchev–Trinajstić information content (AvgIpc) is 2.42. The van der Waals surface area contributed by atoms with Crippen LogP contribution in [0.3, 0.4) is 0 Å². The van der Waals surface area contributed by atoms with E-state index in [0.29, 0.717) is 6.42 Å². The fourth-order valence-electron chi connectivity index (χ4n) is 1.64. The van der Waals surface area contributed by atoms with Gasteiger partial charge in [0.2, 0.25) is 5.91 Å². The maximum absolute atomic E-state index is 12.0. The van der Waals surface area contributed by atoms with Crippen LogP contribution in [0.1, 0.15) is 34.1 Å². The van der Waals surface area contributed by atoms with Crippen molar-refractivity contribution in [1.29, 1.82) is 0 Å². The van der Waals surface area contributed by atoms with Gasteiger partial charge in [0.05, 0.1) is 0 Å². The fraction of sp³-hybridized carbons (Fsp3) is 0.727. The minimum absolute atomic E-state index is 0.0131. The molecule has 96 valence electrons. The van der Waals surface area contributed by atoms with E-state index in [1.807, 2.05) is 20.8 Å². The first kappa shape index (κ1) is 13.5. The quantitative estimate of drug-likeness (QED) is 0.692. The maximum Gasteiger partial charge on any atom is 0.325 e. The number of amides is 4. The van der Waals surface area contributed by atoms with Crippen molar-refractivity contribution >= 4 is 17.8 Å². The largest absolute Gasteiger partial charge is 0.352 e. The molecule has 0 aliphatic carbocycles. The Morgan fingerprint density at radius 1 is 1.47 bits per heavy atom. The fourth-order valence-corrected chi connectivity index (χ4v) is 1.64. The van der Waals surface area contributed by atoms with E-state index in [1.54, 1.807) is 6.92 Å². The van der Waals surface area contributed by atoms with Crippen LogP contribution in [0.25, 0.3) is 0 Å². The molecule has 0 aromatic rings. The number of nitrogens with zero attached hydrogens (tertiary/aromatic N) is 1. The van der Waals surface area contributed by atoms with Gasteiger partial charge in [0, 0.05) is 6.04 Å². The first-order valence-corrected chi connectivity index (χ1v) is 5.73. The van der Waals surface area contributed by atoms with Crippen molar-refractivity contribution in [2.75, 3.05) is 6.54 Å². The summed E-state index contributed by atoms with van der Waals surface area (Å²) in [6.07, 6.45) is 0.500. The zero-order valence-corrected chi connectivity index (χ0v) is 10.7. The Balaban J connectivity index is 2.70. The third-order valence-corrected chi connectivity index (χ3v) is 2.80. The molecular weight excluding hydrogens is 222 g/mol. The lowest BCUT2D eigenvalue weighted by molar-refractivity contribution is -0.134. The second-order valence-corrected chi connectivity index (χ2v) is 4.73. The number of urea groups is 1. The summed E-state index contributed by atoms with van der Waals surface area (Å²) in [6, 6.07) is -0.515. The molecule has 1 aliphatic rings. The lowest BCUT2D eigenvalue weighted by Crippen LogP contribution is -2.45. The number of carbonyl (C=O) groups is 3. The summed E-state index contributed by atoms with van der Waals surface area (Å²) in [7, 11) is 0. The molecule has 0 aromatic heterocycles. The summed E-state index contributed by atoms with van der Waals surface area (Å²) in [5.74, 6) is -0.673. The van der Waals surface area contributed by atoms with Gasteiger partial charge >= 0.3 is 6.03 Å². The first-order chi connectivity index (χ1) is 7.80. The highest BCUT2D eigenvalue weighted by Gasteiger charge is 2.46. The van der Waals surface area contributed by atoms with Crippen molar-refractivity contribution in [2.45, 2.75) is 45.7 Å². The van der Waals surface area contributed by atoms with Crippen LogP contribution in [0, 0.1) is 0 Å². The normalized spacial score (nSPS) is 24.2. The van der Waals surface area contributed by atoms with E-state index in [-0.39, 0.29) is 24.4 Å². The molecule has 2 N–H and O–H groups in total. The van der Waals surface area contributed by atoms with Gasteiger partial charge in [0.25, 0.3) is 5.91 Å². The van der Waals surface area contributed by atoms with E-state index >= 15 is 0 Å². The Morgan fingerprint density at radius 3 is 2.47 bits per heavy atom. The molecule has 6 nitrogen and oxygen atoms in total. The van der Waals surface area contributed by atoms with Gasteiger partial charge in [-0.1, -0.05) is 6.92 Å². The summed E-state index contributed by atoms with van der Waals surface area (Å²) in [5, 5.41) is 5.24. The minimum Gasteiger partial charge on any atom is -0.352 e. The van der Waals surface area contributed by atoms with E-state index in [9.17, 15) is 14.4 Å². The molecule has 4 amide bonds. The summed E-state index contributed by atoms with van der Waals surface area (Å²) in [6.45, 7) is 6.89. The summed E-state index contributed by atoms with van der Waals surface area (Å²) in [5.41, 5.74) is -0.880. The molecule has 1 saturated heterocycles. The highest BCUT2D eigenvalue weighted by molar-refractivity contribution is 6.08. The van der Waals surface area contributed by atoms with Crippen molar-refractivity contribution in [3.05, 3.63) is 0 Å². The highest BCUT2D eigenvalue weighted by Crippen LogP contribution is 2.20. The first-order valence-electron chi connectivity index (χ1n) is 5.73. The van der Waals surface area contributed by atoms with Gasteiger partial charge in [-0.3, -0.25) is 14.5 Å². The number of imide groups is 1. The van der Waals surface area contributed by atoms with Crippen molar-refractivity contribution in [1.82, 2.24) is 15.5 Å². The number of hydrogen-bond donors (Lipinski definition) is 2. The van der Waals surface area contributed by atoms with Crippen molar-refractivity contribution in [2.24, 2.45) is 0 Å². The van der Waals surface area contributed by atoms with E-state index in [2.05, 4.69) is 10.6 Å². The molecule has 1 fully saturated rings. The van der Waals surface area contributed by atoms with Crippen molar-refractivity contribution < 1.29 is 14.4 Å². The zero-order valence-electron chi connectivity index (χ0n) is 10.7. The Morgan fingerprint density at radius 2 is 2.06 bits per heavy atom. The molecule has 0 saturated carbocycles. The van der Waals surface area contributed by atoms with Gasteiger partial charge in [-0.25, -0.2) is 4.79 Å². The lowest BCUT2D eigenvalue weighted by Gasteiger charge is -2.19. The Kier molecular flexibility index (Phi) is 3.75. The predicted molar refractivity (Wildman–Crippen MR) is 62.2 cm³/mol. The monoisotopic (exact) mass is 241 g/mol. The van der Waals surface area contributed by atoms with Crippen molar-refractivity contribution in [3.8, 4) is 0 Å². The smallest absolute Gasteiger partial charge is 0.325 e. The third-order valence-electron chi connectivity index (χ3n) is 2.80. The molecule has 6 heteroatoms.